The van der Waals surface area contributed by atoms with Crippen LogP contribution >= 0.6 is 0 Å². The predicted octanol–water partition coefficient (Wildman–Crippen LogP) is 2.92. The van der Waals surface area contributed by atoms with E-state index in [1.807, 2.05) is 55.5 Å². The highest BCUT2D eigenvalue weighted by Gasteiger charge is 2.33. The van der Waals surface area contributed by atoms with E-state index in [0.29, 0.717) is 18.9 Å². The van der Waals surface area contributed by atoms with Crippen molar-refractivity contribution in [3.05, 3.63) is 66.6 Å². The fraction of sp³-hybridized carbons (Fsp3) is 0.200. The molecule has 130 valence electrons. The molecule has 3 aromatic rings. The number of benzene rings is 1. The van der Waals surface area contributed by atoms with E-state index in [1.54, 1.807) is 12.5 Å². The van der Waals surface area contributed by atoms with Gasteiger partial charge in [0.15, 0.2) is 0 Å². The minimum atomic E-state index is -0.0618. The van der Waals surface area contributed by atoms with E-state index >= 15 is 0 Å². The van der Waals surface area contributed by atoms with Crippen LogP contribution in [-0.4, -0.2) is 33.9 Å². The van der Waals surface area contributed by atoms with Gasteiger partial charge in [0, 0.05) is 30.9 Å². The van der Waals surface area contributed by atoms with Gasteiger partial charge in [-0.15, -0.1) is 0 Å². The summed E-state index contributed by atoms with van der Waals surface area (Å²) in [6.07, 6.45) is 3.32. The number of carbonyl (C=O) groups is 1. The lowest BCUT2D eigenvalue weighted by Crippen LogP contribution is -2.52. The molecule has 2 aromatic heterocycles. The summed E-state index contributed by atoms with van der Waals surface area (Å²) in [5.41, 5.74) is 3.00. The van der Waals surface area contributed by atoms with Gasteiger partial charge < -0.3 is 10.2 Å². The van der Waals surface area contributed by atoms with Crippen LogP contribution in [0.4, 0.5) is 11.6 Å². The number of nitrogens with zero attached hydrogens (tertiary/aromatic N) is 4. The lowest BCUT2D eigenvalue weighted by atomic mass is 9.99. The number of nitrogens with one attached hydrogen (secondary N) is 1. The van der Waals surface area contributed by atoms with Gasteiger partial charge in [-0.3, -0.25) is 4.79 Å². The van der Waals surface area contributed by atoms with E-state index in [9.17, 15) is 4.79 Å². The van der Waals surface area contributed by atoms with E-state index in [0.717, 1.165) is 22.6 Å². The second-order valence-electron chi connectivity index (χ2n) is 6.44. The van der Waals surface area contributed by atoms with Gasteiger partial charge in [-0.1, -0.05) is 36.4 Å². The van der Waals surface area contributed by atoms with Crippen molar-refractivity contribution in [3.63, 3.8) is 0 Å². The van der Waals surface area contributed by atoms with Crippen LogP contribution in [-0.2, 0) is 4.79 Å². The fourth-order valence-electron chi connectivity index (χ4n) is 2.89. The van der Waals surface area contributed by atoms with Crippen molar-refractivity contribution in [2.24, 2.45) is 5.92 Å². The van der Waals surface area contributed by atoms with Crippen molar-refractivity contribution < 1.29 is 4.79 Å². The van der Waals surface area contributed by atoms with Gasteiger partial charge in [0.2, 0.25) is 5.91 Å². The Balaban J connectivity index is 1.39. The molecule has 0 unspecified atom stereocenters. The molecule has 0 bridgehead atoms. The number of anilines is 2. The standard InChI is InChI=1S/C20H19N5O/c1-14-7-8-18(21-10-14)24-20(26)16-11-25(12-16)19-9-17(22-13-23-19)15-5-3-2-4-6-15/h2-10,13,16H,11-12H2,1H3,(H,21,24,26). The summed E-state index contributed by atoms with van der Waals surface area (Å²) in [4.78, 5) is 27.3. The topological polar surface area (TPSA) is 71.0 Å². The van der Waals surface area contributed by atoms with Crippen LogP contribution in [0.3, 0.4) is 0 Å². The molecule has 1 amide bonds. The maximum Gasteiger partial charge on any atom is 0.232 e. The Labute approximate surface area is 151 Å². The van der Waals surface area contributed by atoms with Crippen molar-refractivity contribution in [1.29, 1.82) is 0 Å². The summed E-state index contributed by atoms with van der Waals surface area (Å²) in [6, 6.07) is 15.7. The quantitative estimate of drug-likeness (QED) is 0.787. The number of aryl methyl sites for hydroxylation is 1. The normalized spacial score (nSPS) is 14.0. The average molecular weight is 345 g/mol. The second kappa shape index (κ2) is 6.92. The first kappa shape index (κ1) is 16.2. The van der Waals surface area contributed by atoms with Crippen molar-refractivity contribution >= 4 is 17.5 Å². The van der Waals surface area contributed by atoms with Crippen LogP contribution in [0.1, 0.15) is 5.56 Å². The number of pyridine rings is 1. The molecular weight excluding hydrogens is 326 g/mol. The molecule has 0 aliphatic carbocycles. The molecule has 6 nitrogen and oxygen atoms in total. The molecule has 0 radical (unpaired) electrons. The molecule has 0 spiro atoms. The molecule has 1 aliphatic rings. The summed E-state index contributed by atoms with van der Waals surface area (Å²) in [5.74, 6) is 1.37. The number of rotatable bonds is 4. The van der Waals surface area contributed by atoms with Gasteiger partial charge in [-0.25, -0.2) is 15.0 Å². The van der Waals surface area contributed by atoms with Crippen molar-refractivity contribution in [3.8, 4) is 11.3 Å². The van der Waals surface area contributed by atoms with Crippen LogP contribution < -0.4 is 10.2 Å². The zero-order valence-corrected chi connectivity index (χ0v) is 14.5. The highest BCUT2D eigenvalue weighted by molar-refractivity contribution is 5.93. The number of aromatic nitrogens is 3. The highest BCUT2D eigenvalue weighted by Crippen LogP contribution is 2.26. The third kappa shape index (κ3) is 3.39. The molecule has 1 saturated heterocycles. The van der Waals surface area contributed by atoms with E-state index in [2.05, 4.69) is 25.2 Å². The van der Waals surface area contributed by atoms with Crippen LogP contribution in [0.15, 0.2) is 61.1 Å². The van der Waals surface area contributed by atoms with Crippen LogP contribution in [0.5, 0.6) is 0 Å². The smallest absolute Gasteiger partial charge is 0.232 e. The lowest BCUT2D eigenvalue weighted by molar-refractivity contribution is -0.120. The van der Waals surface area contributed by atoms with E-state index in [1.165, 1.54) is 0 Å². The molecule has 1 N–H and O–H groups in total. The minimum absolute atomic E-state index is 0.00468. The van der Waals surface area contributed by atoms with Crippen molar-refractivity contribution in [2.45, 2.75) is 6.92 Å². The third-order valence-electron chi connectivity index (χ3n) is 4.46. The summed E-state index contributed by atoms with van der Waals surface area (Å²) < 4.78 is 0. The predicted molar refractivity (Wildman–Crippen MR) is 101 cm³/mol. The largest absolute Gasteiger partial charge is 0.355 e. The van der Waals surface area contributed by atoms with Gasteiger partial charge >= 0.3 is 0 Å². The first-order valence-corrected chi connectivity index (χ1v) is 8.55. The van der Waals surface area contributed by atoms with Gasteiger partial charge in [0.25, 0.3) is 0 Å². The number of carbonyl (C=O) groups excluding carboxylic acids is 1. The molecule has 0 saturated carbocycles. The lowest BCUT2D eigenvalue weighted by Gasteiger charge is -2.39. The first-order valence-electron chi connectivity index (χ1n) is 8.55. The molecule has 1 fully saturated rings. The highest BCUT2D eigenvalue weighted by atomic mass is 16.2. The third-order valence-corrected chi connectivity index (χ3v) is 4.46. The average Bonchev–Trinajstić information content (AvgIpc) is 2.63. The Bertz CT molecular complexity index is 905. The van der Waals surface area contributed by atoms with Crippen LogP contribution in [0.2, 0.25) is 0 Å². The summed E-state index contributed by atoms with van der Waals surface area (Å²) >= 11 is 0. The van der Waals surface area contributed by atoms with Crippen LogP contribution in [0.25, 0.3) is 11.3 Å². The van der Waals surface area contributed by atoms with Crippen LogP contribution in [0, 0.1) is 12.8 Å². The summed E-state index contributed by atoms with van der Waals surface area (Å²) in [5, 5.41) is 2.87. The fourth-order valence-corrected chi connectivity index (χ4v) is 2.89. The molecule has 6 heteroatoms. The molecule has 4 rings (SSSR count). The molecule has 1 aliphatic heterocycles. The van der Waals surface area contributed by atoms with Crippen molar-refractivity contribution in [2.75, 3.05) is 23.3 Å². The second-order valence-corrected chi connectivity index (χ2v) is 6.44. The van der Waals surface area contributed by atoms with Crippen molar-refractivity contribution in [1.82, 2.24) is 15.0 Å². The van der Waals surface area contributed by atoms with E-state index in [4.69, 9.17) is 0 Å². The summed E-state index contributed by atoms with van der Waals surface area (Å²) in [6.45, 7) is 3.25. The molecule has 0 atom stereocenters. The molecular formula is C20H19N5O. The Kier molecular flexibility index (Phi) is 4.31. The minimum Gasteiger partial charge on any atom is -0.355 e. The zero-order chi connectivity index (χ0) is 17.9. The Morgan fingerprint density at radius 2 is 1.88 bits per heavy atom. The molecule has 26 heavy (non-hydrogen) atoms. The summed E-state index contributed by atoms with van der Waals surface area (Å²) in [7, 11) is 0. The van der Waals surface area contributed by atoms with Gasteiger partial charge in [-0.2, -0.15) is 0 Å². The Hall–Kier alpha value is -3.28. The Morgan fingerprint density at radius 3 is 2.62 bits per heavy atom. The molecule has 3 heterocycles. The van der Waals surface area contributed by atoms with Gasteiger partial charge in [0.1, 0.15) is 18.0 Å². The van der Waals surface area contributed by atoms with Gasteiger partial charge in [-0.05, 0) is 18.6 Å². The monoisotopic (exact) mass is 345 g/mol. The SMILES string of the molecule is Cc1ccc(NC(=O)C2CN(c3cc(-c4ccccc4)ncn3)C2)nc1. The number of hydrogen-bond donors (Lipinski definition) is 1. The first-order chi connectivity index (χ1) is 12.7. The van der Waals surface area contributed by atoms with E-state index in [-0.39, 0.29) is 11.8 Å². The number of hydrogen-bond acceptors (Lipinski definition) is 5. The maximum absolute atomic E-state index is 12.3. The zero-order valence-electron chi connectivity index (χ0n) is 14.5. The van der Waals surface area contributed by atoms with Gasteiger partial charge in [0.05, 0.1) is 11.6 Å². The number of amides is 1. The molecule has 1 aromatic carbocycles. The Morgan fingerprint density at radius 1 is 1.08 bits per heavy atom. The maximum atomic E-state index is 12.3. The van der Waals surface area contributed by atoms with E-state index < -0.39 is 0 Å².